The lowest BCUT2D eigenvalue weighted by Gasteiger charge is -2.34. The molecule has 3 aromatic heterocycles. The minimum Gasteiger partial charge on any atom is -0.474 e. The zero-order chi connectivity index (χ0) is 28.1. The SMILES string of the molecule is CC[C@@](C)(N)c1cnc(OC2CC(S(=O)(=O)CC)C2)c2cnc(Nc3ccc4c(n3)[C@@H](C)[C@H](C)OC4=O)cc12. The van der Waals surface area contributed by atoms with Gasteiger partial charge in [0, 0.05) is 42.4 Å². The monoisotopic (exact) mass is 553 g/mol. The van der Waals surface area contributed by atoms with Crippen LogP contribution in [0.3, 0.4) is 0 Å². The summed E-state index contributed by atoms with van der Waals surface area (Å²) >= 11 is 0. The molecule has 0 saturated heterocycles. The average molecular weight is 554 g/mol. The first-order chi connectivity index (χ1) is 18.4. The smallest absolute Gasteiger partial charge is 0.340 e. The van der Waals surface area contributed by atoms with E-state index in [0.717, 1.165) is 10.9 Å². The van der Waals surface area contributed by atoms with Gasteiger partial charge in [0.05, 0.1) is 21.9 Å². The molecule has 0 aromatic carbocycles. The van der Waals surface area contributed by atoms with Gasteiger partial charge in [-0.25, -0.2) is 28.2 Å². The number of carbonyl (C=O) groups excluding carboxylic acids is 1. The Kier molecular flexibility index (Phi) is 7.00. The predicted octanol–water partition coefficient (Wildman–Crippen LogP) is 4.36. The fourth-order valence-electron chi connectivity index (χ4n) is 4.97. The third-order valence-corrected chi connectivity index (χ3v) is 10.4. The molecule has 1 aliphatic carbocycles. The third kappa shape index (κ3) is 5.05. The largest absolute Gasteiger partial charge is 0.474 e. The maximum atomic E-state index is 12.3. The highest BCUT2D eigenvalue weighted by atomic mass is 32.2. The van der Waals surface area contributed by atoms with Crippen LogP contribution in [0.25, 0.3) is 10.8 Å². The first kappa shape index (κ1) is 27.3. The van der Waals surface area contributed by atoms with E-state index >= 15 is 0 Å². The maximum Gasteiger partial charge on any atom is 0.340 e. The van der Waals surface area contributed by atoms with Crippen molar-refractivity contribution in [2.45, 2.75) is 82.8 Å². The summed E-state index contributed by atoms with van der Waals surface area (Å²) in [6.07, 6.45) is 4.53. The summed E-state index contributed by atoms with van der Waals surface area (Å²) in [6, 6.07) is 5.34. The van der Waals surface area contributed by atoms with Crippen molar-refractivity contribution >= 4 is 38.2 Å². The molecular weight excluding hydrogens is 518 g/mol. The number of nitrogens with zero attached hydrogens (tertiary/aromatic N) is 3. The molecule has 0 spiro atoms. The molecule has 0 radical (unpaired) electrons. The van der Waals surface area contributed by atoms with Crippen LogP contribution < -0.4 is 15.8 Å². The van der Waals surface area contributed by atoms with E-state index in [4.69, 9.17) is 20.2 Å². The molecule has 11 heteroatoms. The Morgan fingerprint density at radius 2 is 1.87 bits per heavy atom. The van der Waals surface area contributed by atoms with Crippen LogP contribution >= 0.6 is 0 Å². The molecule has 0 unspecified atom stereocenters. The molecule has 0 bridgehead atoms. The van der Waals surface area contributed by atoms with Gasteiger partial charge in [-0.2, -0.15) is 0 Å². The van der Waals surface area contributed by atoms with E-state index in [1.54, 1.807) is 31.5 Å². The molecule has 1 aliphatic heterocycles. The number of nitrogens with two attached hydrogens (primary N) is 1. The summed E-state index contributed by atoms with van der Waals surface area (Å²) in [5.41, 5.74) is 8.02. The van der Waals surface area contributed by atoms with E-state index in [1.165, 1.54) is 0 Å². The molecule has 2 aliphatic rings. The lowest BCUT2D eigenvalue weighted by atomic mass is 9.88. The van der Waals surface area contributed by atoms with Gasteiger partial charge in [0.15, 0.2) is 9.84 Å². The molecule has 10 nitrogen and oxygen atoms in total. The lowest BCUT2D eigenvalue weighted by Crippen LogP contribution is -2.43. The highest BCUT2D eigenvalue weighted by Gasteiger charge is 2.39. The fraction of sp³-hybridized carbons (Fsp3) is 0.500. The molecule has 3 aromatic rings. The normalized spacial score (nSPS) is 24.3. The van der Waals surface area contributed by atoms with E-state index in [9.17, 15) is 13.2 Å². The highest BCUT2D eigenvalue weighted by Crippen LogP contribution is 2.38. The number of rotatable bonds is 8. The van der Waals surface area contributed by atoms with Gasteiger partial charge in [0.2, 0.25) is 5.88 Å². The summed E-state index contributed by atoms with van der Waals surface area (Å²) in [6.45, 7) is 9.48. The van der Waals surface area contributed by atoms with Gasteiger partial charge in [0.1, 0.15) is 23.8 Å². The Balaban J connectivity index is 1.47. The molecule has 3 N–H and O–H groups in total. The molecule has 3 atom stereocenters. The van der Waals surface area contributed by atoms with Crippen LogP contribution in [0.15, 0.2) is 30.6 Å². The molecule has 1 saturated carbocycles. The second-order valence-corrected chi connectivity index (χ2v) is 13.4. The molecule has 1 fully saturated rings. The second-order valence-electron chi connectivity index (χ2n) is 10.8. The van der Waals surface area contributed by atoms with Gasteiger partial charge in [0.25, 0.3) is 0 Å². The minimum atomic E-state index is -3.08. The predicted molar refractivity (Wildman–Crippen MR) is 149 cm³/mol. The number of fused-ring (bicyclic) bond motifs is 2. The number of sulfone groups is 1. The number of nitrogens with one attached hydrogen (secondary N) is 1. The van der Waals surface area contributed by atoms with E-state index in [-0.39, 0.29) is 35.1 Å². The number of carbonyl (C=O) groups is 1. The van der Waals surface area contributed by atoms with Crippen LogP contribution in [-0.4, -0.2) is 52.5 Å². The fourth-order valence-corrected chi connectivity index (χ4v) is 6.46. The molecular formula is C28H35N5O5S. The molecule has 208 valence electrons. The topological polar surface area (TPSA) is 146 Å². The van der Waals surface area contributed by atoms with Gasteiger partial charge in [-0.15, -0.1) is 0 Å². The second kappa shape index (κ2) is 10.0. The van der Waals surface area contributed by atoms with Crippen LogP contribution in [-0.2, 0) is 20.1 Å². The Labute approximate surface area is 228 Å². The highest BCUT2D eigenvalue weighted by molar-refractivity contribution is 7.92. The zero-order valence-corrected chi connectivity index (χ0v) is 23.7. The summed E-state index contributed by atoms with van der Waals surface area (Å²) in [5, 5.41) is 4.44. The van der Waals surface area contributed by atoms with E-state index in [2.05, 4.69) is 15.3 Å². The van der Waals surface area contributed by atoms with Crippen molar-refractivity contribution in [2.75, 3.05) is 11.1 Å². The van der Waals surface area contributed by atoms with Crippen molar-refractivity contribution in [2.24, 2.45) is 5.73 Å². The summed E-state index contributed by atoms with van der Waals surface area (Å²) in [5.74, 6) is 1.25. The number of hydrogen-bond acceptors (Lipinski definition) is 10. The zero-order valence-electron chi connectivity index (χ0n) is 22.9. The van der Waals surface area contributed by atoms with E-state index < -0.39 is 15.4 Å². The molecule has 0 amide bonds. The van der Waals surface area contributed by atoms with Crippen LogP contribution in [0, 0.1) is 0 Å². The van der Waals surface area contributed by atoms with Crippen LogP contribution in [0.5, 0.6) is 5.88 Å². The van der Waals surface area contributed by atoms with Crippen molar-refractivity contribution in [3.05, 3.63) is 47.4 Å². The molecule has 5 rings (SSSR count). The molecule has 4 heterocycles. The third-order valence-electron chi connectivity index (χ3n) is 8.15. The Morgan fingerprint density at radius 3 is 2.56 bits per heavy atom. The summed E-state index contributed by atoms with van der Waals surface area (Å²) in [7, 11) is -3.08. The lowest BCUT2D eigenvalue weighted by molar-refractivity contribution is 0.0235. The number of aromatic nitrogens is 3. The minimum absolute atomic E-state index is 0.0395. The van der Waals surface area contributed by atoms with Crippen LogP contribution in [0.2, 0.25) is 0 Å². The van der Waals surface area contributed by atoms with Crippen molar-refractivity contribution < 1.29 is 22.7 Å². The maximum absolute atomic E-state index is 12.3. The van der Waals surface area contributed by atoms with Crippen LogP contribution in [0.1, 0.15) is 81.4 Å². The van der Waals surface area contributed by atoms with Gasteiger partial charge >= 0.3 is 5.97 Å². The Bertz CT molecular complexity index is 1530. The van der Waals surface area contributed by atoms with E-state index in [0.29, 0.717) is 53.4 Å². The number of cyclic esters (lactones) is 1. The van der Waals surface area contributed by atoms with E-state index in [1.807, 2.05) is 33.8 Å². The van der Waals surface area contributed by atoms with Crippen LogP contribution in [0.4, 0.5) is 11.6 Å². The van der Waals surface area contributed by atoms with Crippen molar-refractivity contribution in [1.82, 2.24) is 15.0 Å². The van der Waals surface area contributed by atoms with Gasteiger partial charge < -0.3 is 20.5 Å². The van der Waals surface area contributed by atoms with Gasteiger partial charge in [-0.3, -0.25) is 0 Å². The Hall–Kier alpha value is -3.31. The number of pyridine rings is 3. The standard InChI is InChI=1S/C28H35N5O5S/c1-6-28(5,29)22-14-31-26(38-17-10-18(11-17)39(35,36)7-2)21-13-30-24(12-20(21)22)32-23-9-8-19-25(33-23)15(3)16(4)37-27(19)34/h8-9,12-18H,6-7,10-11,29H2,1-5H3,(H,30,32,33)/t15-,16-,17?,18?,28+/m0/s1. The first-order valence-electron chi connectivity index (χ1n) is 13.4. The average Bonchev–Trinajstić information content (AvgIpc) is 2.88. The number of esters is 1. The number of ether oxygens (including phenoxy) is 2. The quantitative estimate of drug-likeness (QED) is 0.386. The van der Waals surface area contributed by atoms with Crippen molar-refractivity contribution in [1.29, 1.82) is 0 Å². The Morgan fingerprint density at radius 1 is 1.13 bits per heavy atom. The summed E-state index contributed by atoms with van der Waals surface area (Å²) < 4.78 is 35.9. The number of hydrogen-bond donors (Lipinski definition) is 2. The van der Waals surface area contributed by atoms with Gasteiger partial charge in [-0.05, 0) is 49.4 Å². The van der Waals surface area contributed by atoms with Gasteiger partial charge in [-0.1, -0.05) is 20.8 Å². The van der Waals surface area contributed by atoms with Crippen molar-refractivity contribution in [3.63, 3.8) is 0 Å². The molecule has 39 heavy (non-hydrogen) atoms. The first-order valence-corrected chi connectivity index (χ1v) is 15.1. The van der Waals surface area contributed by atoms with Crippen molar-refractivity contribution in [3.8, 4) is 5.88 Å². The number of anilines is 2. The summed E-state index contributed by atoms with van der Waals surface area (Å²) in [4.78, 5) is 26.1.